The van der Waals surface area contributed by atoms with E-state index in [2.05, 4.69) is 57.0 Å². The van der Waals surface area contributed by atoms with E-state index in [-0.39, 0.29) is 21.7 Å². The Labute approximate surface area is 239 Å². The maximum Gasteiger partial charge on any atom is 0.317 e. The van der Waals surface area contributed by atoms with Crippen molar-refractivity contribution < 1.29 is 4.79 Å². The smallest absolute Gasteiger partial charge is 0.317 e. The van der Waals surface area contributed by atoms with Crippen molar-refractivity contribution in [3.05, 3.63) is 0 Å². The number of hydrogen-bond donors (Lipinski definition) is 1. The number of hydrazine groups is 1. The number of fused-ring (bicyclic) bond motifs is 7. The normalized spacial score (nSPS) is 38.7. The minimum Gasteiger partial charge on any atom is -0.335 e. The first-order valence-electron chi connectivity index (χ1n) is 15.9. The Bertz CT molecular complexity index is 804. The highest BCUT2D eigenvalue weighted by Crippen LogP contribution is 2.53. The molecular formula is C32H59ClN4O. The van der Waals surface area contributed by atoms with Gasteiger partial charge in [0.25, 0.3) is 0 Å². The van der Waals surface area contributed by atoms with Crippen LogP contribution in [0.4, 0.5) is 4.79 Å². The summed E-state index contributed by atoms with van der Waals surface area (Å²) in [4.78, 5) is 13.5. The molecular weight excluding hydrogens is 492 g/mol. The van der Waals surface area contributed by atoms with Gasteiger partial charge < -0.3 is 10.2 Å². The topological polar surface area (TPSA) is 38.8 Å². The van der Waals surface area contributed by atoms with E-state index in [9.17, 15) is 4.79 Å². The molecule has 0 radical (unpaired) electrons. The van der Waals surface area contributed by atoms with Gasteiger partial charge in [-0.05, 0) is 86.4 Å². The SMILES string of the molecule is CN(C)C(=O)NC1CC(CCC(C)(C)C2C3CCCCCC(CCC3)C3(Cl)CN2N(C)C3CC(C)(C)C)C1. The summed E-state index contributed by atoms with van der Waals surface area (Å²) in [7, 11) is 6.01. The van der Waals surface area contributed by atoms with E-state index < -0.39 is 0 Å². The molecule has 0 spiro atoms. The van der Waals surface area contributed by atoms with Gasteiger partial charge in [0, 0.05) is 45.8 Å². The molecule has 5 nitrogen and oxygen atoms in total. The number of amides is 2. The summed E-state index contributed by atoms with van der Waals surface area (Å²) in [6.07, 6.45) is 16.7. The Kier molecular flexibility index (Phi) is 9.42. The minimum absolute atomic E-state index is 0.0457. The largest absolute Gasteiger partial charge is 0.335 e. The molecule has 2 aliphatic carbocycles. The molecule has 2 saturated carbocycles. The third-order valence-electron chi connectivity index (χ3n) is 10.8. The average molecular weight is 551 g/mol. The predicted molar refractivity (Wildman–Crippen MR) is 160 cm³/mol. The number of hydrogen-bond acceptors (Lipinski definition) is 3. The molecule has 6 atom stereocenters. The first kappa shape index (κ1) is 30.4. The second kappa shape index (κ2) is 11.8. The number of carbonyl (C=O) groups excluding carboxylic acids is 1. The van der Waals surface area contributed by atoms with Gasteiger partial charge >= 0.3 is 6.03 Å². The first-order valence-corrected chi connectivity index (χ1v) is 16.3. The fraction of sp³-hybridized carbons (Fsp3) is 0.969. The molecule has 6 heteroatoms. The van der Waals surface area contributed by atoms with Gasteiger partial charge in [-0.15, -0.1) is 11.6 Å². The Hall–Kier alpha value is -0.520. The van der Waals surface area contributed by atoms with Crippen LogP contribution in [-0.4, -0.2) is 71.6 Å². The lowest BCUT2D eigenvalue weighted by Gasteiger charge is -2.49. The zero-order valence-electron chi connectivity index (χ0n) is 26.0. The summed E-state index contributed by atoms with van der Waals surface area (Å²) in [5.74, 6) is 2.10. The van der Waals surface area contributed by atoms with Crippen LogP contribution in [-0.2, 0) is 0 Å². The average Bonchev–Trinajstić information content (AvgIpc) is 3.04. The quantitative estimate of drug-likeness (QED) is 0.347. The van der Waals surface area contributed by atoms with Gasteiger partial charge in [0.05, 0.1) is 4.87 Å². The van der Waals surface area contributed by atoms with Gasteiger partial charge in [-0.1, -0.05) is 60.3 Å². The third kappa shape index (κ3) is 6.68. The van der Waals surface area contributed by atoms with Crippen LogP contribution in [0, 0.1) is 28.6 Å². The van der Waals surface area contributed by atoms with E-state index in [0.717, 1.165) is 37.6 Å². The van der Waals surface area contributed by atoms with Crippen LogP contribution in [0.15, 0.2) is 0 Å². The van der Waals surface area contributed by atoms with Gasteiger partial charge in [-0.3, -0.25) is 0 Å². The number of alkyl halides is 1. The van der Waals surface area contributed by atoms with E-state index in [4.69, 9.17) is 11.6 Å². The van der Waals surface area contributed by atoms with Crippen LogP contribution in [0.3, 0.4) is 0 Å². The monoisotopic (exact) mass is 550 g/mol. The molecule has 4 fully saturated rings. The van der Waals surface area contributed by atoms with E-state index >= 15 is 0 Å². The lowest BCUT2D eigenvalue weighted by Crippen LogP contribution is -2.55. The van der Waals surface area contributed by atoms with Crippen LogP contribution in [0.1, 0.15) is 118 Å². The van der Waals surface area contributed by atoms with Crippen LogP contribution >= 0.6 is 11.6 Å². The molecule has 2 heterocycles. The molecule has 4 aliphatic rings. The molecule has 2 aliphatic heterocycles. The summed E-state index contributed by atoms with van der Waals surface area (Å²) >= 11 is 7.92. The van der Waals surface area contributed by atoms with Crippen molar-refractivity contribution in [3.8, 4) is 0 Å². The number of urea groups is 1. The third-order valence-corrected chi connectivity index (χ3v) is 11.5. The minimum atomic E-state index is -0.151. The van der Waals surface area contributed by atoms with Crippen LogP contribution in [0.25, 0.3) is 0 Å². The van der Waals surface area contributed by atoms with E-state index in [0.29, 0.717) is 24.0 Å². The fourth-order valence-corrected chi connectivity index (χ4v) is 9.18. The summed E-state index contributed by atoms with van der Waals surface area (Å²) < 4.78 is 0. The standard InChI is InChI=1S/C32H59ClN4O/c1-30(2,3)21-27-32(33)22-37(36(27)8)28(24-13-10-9-11-15-25(32)16-12-14-24)31(4,5)18-17-23-19-26(20-23)34-29(38)35(6)7/h23-28H,9-22H2,1-8H3,(H,34,38). The number of halogens is 1. The van der Waals surface area contributed by atoms with Gasteiger partial charge in [0.2, 0.25) is 0 Å². The second-order valence-electron chi connectivity index (χ2n) is 15.8. The highest BCUT2D eigenvalue weighted by molar-refractivity contribution is 6.25. The molecule has 2 amide bonds. The predicted octanol–water partition coefficient (Wildman–Crippen LogP) is 7.54. The number of nitrogens with one attached hydrogen (secondary N) is 1. The van der Waals surface area contributed by atoms with Crippen LogP contribution < -0.4 is 5.32 Å². The van der Waals surface area contributed by atoms with Crippen molar-refractivity contribution >= 4 is 17.6 Å². The Morgan fingerprint density at radius 1 is 1.00 bits per heavy atom. The Morgan fingerprint density at radius 2 is 1.63 bits per heavy atom. The van der Waals surface area contributed by atoms with Gasteiger partial charge in [0.15, 0.2) is 0 Å². The highest BCUT2D eigenvalue weighted by atomic mass is 35.5. The van der Waals surface area contributed by atoms with Gasteiger partial charge in [0.1, 0.15) is 0 Å². The van der Waals surface area contributed by atoms with Crippen molar-refractivity contribution in [2.24, 2.45) is 28.6 Å². The molecule has 0 aromatic rings. The summed E-state index contributed by atoms with van der Waals surface area (Å²) in [5, 5.41) is 8.63. The molecule has 4 bridgehead atoms. The molecule has 38 heavy (non-hydrogen) atoms. The maximum absolute atomic E-state index is 12.1. The van der Waals surface area contributed by atoms with E-state index in [1.807, 2.05) is 14.1 Å². The van der Waals surface area contributed by atoms with Gasteiger partial charge in [-0.2, -0.15) is 0 Å². The summed E-state index contributed by atoms with van der Waals surface area (Å²) in [6.45, 7) is 13.3. The van der Waals surface area contributed by atoms with Gasteiger partial charge in [-0.25, -0.2) is 14.8 Å². The van der Waals surface area contributed by atoms with Crippen molar-refractivity contribution in [3.63, 3.8) is 0 Å². The number of nitrogens with zero attached hydrogens (tertiary/aromatic N) is 3. The number of rotatable bonds is 6. The zero-order chi connectivity index (χ0) is 27.9. The Balaban J connectivity index is 1.54. The lowest BCUT2D eigenvalue weighted by molar-refractivity contribution is -0.0941. The molecule has 0 aromatic heterocycles. The highest BCUT2D eigenvalue weighted by Gasteiger charge is 2.58. The molecule has 220 valence electrons. The van der Waals surface area contributed by atoms with Crippen LogP contribution in [0.5, 0.6) is 0 Å². The van der Waals surface area contributed by atoms with Crippen molar-refractivity contribution in [2.45, 2.75) is 141 Å². The molecule has 6 unspecified atom stereocenters. The van der Waals surface area contributed by atoms with E-state index in [1.165, 1.54) is 64.2 Å². The summed E-state index contributed by atoms with van der Waals surface area (Å²) in [5.41, 5.74) is 0.479. The second-order valence-corrected chi connectivity index (χ2v) is 16.5. The molecule has 2 saturated heterocycles. The van der Waals surface area contributed by atoms with E-state index in [1.54, 1.807) is 4.90 Å². The maximum atomic E-state index is 12.1. The number of carbonyl (C=O) groups is 1. The van der Waals surface area contributed by atoms with Crippen LogP contribution in [0.2, 0.25) is 0 Å². The zero-order valence-corrected chi connectivity index (χ0v) is 26.7. The fourth-order valence-electron chi connectivity index (χ4n) is 8.62. The van der Waals surface area contributed by atoms with Crippen molar-refractivity contribution in [1.29, 1.82) is 0 Å². The van der Waals surface area contributed by atoms with Crippen molar-refractivity contribution in [1.82, 2.24) is 20.2 Å². The molecule has 0 aromatic carbocycles. The summed E-state index contributed by atoms with van der Waals surface area (Å²) in [6, 6.07) is 1.34. The lowest BCUT2D eigenvalue weighted by atomic mass is 9.67. The molecule has 4 rings (SSSR count). The van der Waals surface area contributed by atoms with Crippen molar-refractivity contribution in [2.75, 3.05) is 27.7 Å². The first-order chi connectivity index (χ1) is 17.7. The Morgan fingerprint density at radius 3 is 2.29 bits per heavy atom. The molecule has 1 N–H and O–H groups in total.